The molecule has 2 heterocycles. The minimum Gasteiger partial charge on any atom is -0.467 e. The molecule has 1 amide bonds. The van der Waals surface area contributed by atoms with Crippen LogP contribution in [-0.2, 0) is 11.3 Å². The lowest BCUT2D eigenvalue weighted by atomic mass is 10.1. The highest BCUT2D eigenvalue weighted by atomic mass is 19.4. The van der Waals surface area contributed by atoms with Crippen molar-refractivity contribution in [1.82, 2.24) is 10.2 Å². The van der Waals surface area contributed by atoms with Crippen LogP contribution in [-0.4, -0.2) is 43.3 Å². The number of carbonyl (C=O) groups is 1. The number of alkyl halides is 3. The van der Waals surface area contributed by atoms with Gasteiger partial charge in [0.2, 0.25) is 0 Å². The highest BCUT2D eigenvalue weighted by Crippen LogP contribution is 2.32. The van der Waals surface area contributed by atoms with E-state index in [4.69, 9.17) is 9.15 Å². The van der Waals surface area contributed by atoms with Crippen molar-refractivity contribution in [3.63, 3.8) is 0 Å². The zero-order valence-electron chi connectivity index (χ0n) is 14.0. The number of morpholine rings is 1. The van der Waals surface area contributed by atoms with Crippen molar-refractivity contribution in [2.75, 3.05) is 26.3 Å². The van der Waals surface area contributed by atoms with Gasteiger partial charge >= 0.3 is 6.18 Å². The van der Waals surface area contributed by atoms with Gasteiger partial charge in [0.15, 0.2) is 6.04 Å². The van der Waals surface area contributed by atoms with Gasteiger partial charge in [-0.1, -0.05) is 30.3 Å². The van der Waals surface area contributed by atoms with Gasteiger partial charge in [0, 0.05) is 13.1 Å². The minimum absolute atomic E-state index is 0.0228. The predicted octanol–water partition coefficient (Wildman–Crippen LogP) is 3.15. The fourth-order valence-corrected chi connectivity index (χ4v) is 2.78. The minimum atomic E-state index is -4.60. The maximum absolute atomic E-state index is 13.3. The summed E-state index contributed by atoms with van der Waals surface area (Å²) in [5.74, 6) is -0.298. The molecular formula is C18H19F3N2O3. The number of ether oxygens (including phenoxy) is 1. The zero-order valence-corrected chi connectivity index (χ0v) is 14.0. The largest absolute Gasteiger partial charge is 0.467 e. The summed E-state index contributed by atoms with van der Waals surface area (Å²) in [6, 6.07) is 6.68. The number of hydrogen-bond acceptors (Lipinski definition) is 4. The first-order chi connectivity index (χ1) is 12.4. The second-order valence-electron chi connectivity index (χ2n) is 6.05. The molecule has 0 aliphatic carbocycles. The van der Waals surface area contributed by atoms with Crippen LogP contribution in [0.15, 0.2) is 47.1 Å². The maximum Gasteiger partial charge on any atom is 0.412 e. The van der Waals surface area contributed by atoms with Crippen LogP contribution in [0.5, 0.6) is 0 Å². The van der Waals surface area contributed by atoms with E-state index in [0.717, 1.165) is 13.1 Å². The van der Waals surface area contributed by atoms with Gasteiger partial charge in [-0.2, -0.15) is 13.2 Å². The molecule has 5 nitrogen and oxygen atoms in total. The summed E-state index contributed by atoms with van der Waals surface area (Å²) in [6.45, 7) is 3.22. The SMILES string of the molecule is O=C(N[C@H](c1ccccc1)C(F)(F)F)c1coc(CN2CCOCC2)c1. The monoisotopic (exact) mass is 368 g/mol. The zero-order chi connectivity index (χ0) is 18.6. The standard InChI is InChI=1S/C18H19F3N2O3/c19-18(20,21)16(13-4-2-1-3-5-13)22-17(24)14-10-15(26-12-14)11-23-6-8-25-9-7-23/h1-5,10,12,16H,6-9,11H2,(H,22,24)/t16-/m1/s1. The van der Waals surface area contributed by atoms with E-state index in [0.29, 0.717) is 25.5 Å². The van der Waals surface area contributed by atoms with Gasteiger partial charge in [-0.05, 0) is 11.6 Å². The number of halogens is 3. The third-order valence-corrected chi connectivity index (χ3v) is 4.13. The van der Waals surface area contributed by atoms with E-state index in [2.05, 4.69) is 4.90 Å². The fraction of sp³-hybridized carbons (Fsp3) is 0.389. The summed E-state index contributed by atoms with van der Waals surface area (Å²) in [6.07, 6.45) is -3.42. The first-order valence-electron chi connectivity index (χ1n) is 8.23. The number of nitrogens with zero attached hydrogens (tertiary/aromatic N) is 1. The number of carbonyl (C=O) groups excluding carboxylic acids is 1. The van der Waals surface area contributed by atoms with Crippen LogP contribution >= 0.6 is 0 Å². The van der Waals surface area contributed by atoms with Crippen molar-refractivity contribution in [2.24, 2.45) is 0 Å². The Balaban J connectivity index is 1.68. The molecule has 1 aromatic carbocycles. The molecule has 1 aromatic heterocycles. The molecule has 0 unspecified atom stereocenters. The lowest BCUT2D eigenvalue weighted by Crippen LogP contribution is -2.38. The summed E-state index contributed by atoms with van der Waals surface area (Å²) in [7, 11) is 0. The molecule has 1 fully saturated rings. The summed E-state index contributed by atoms with van der Waals surface area (Å²) < 4.78 is 50.6. The third-order valence-electron chi connectivity index (χ3n) is 4.13. The summed E-state index contributed by atoms with van der Waals surface area (Å²) in [4.78, 5) is 14.4. The molecule has 0 radical (unpaired) electrons. The third kappa shape index (κ3) is 4.64. The van der Waals surface area contributed by atoms with E-state index >= 15 is 0 Å². The number of furan rings is 1. The number of rotatable bonds is 5. The van der Waals surface area contributed by atoms with Crippen molar-refractivity contribution in [3.05, 3.63) is 59.5 Å². The Morgan fingerprint density at radius 1 is 1.19 bits per heavy atom. The average molecular weight is 368 g/mol. The number of hydrogen-bond donors (Lipinski definition) is 1. The van der Waals surface area contributed by atoms with Gasteiger partial charge in [0.25, 0.3) is 5.91 Å². The first-order valence-corrected chi connectivity index (χ1v) is 8.23. The lowest BCUT2D eigenvalue weighted by Gasteiger charge is -2.25. The van der Waals surface area contributed by atoms with E-state index in [-0.39, 0.29) is 11.1 Å². The lowest BCUT2D eigenvalue weighted by molar-refractivity contribution is -0.155. The highest BCUT2D eigenvalue weighted by molar-refractivity contribution is 5.94. The van der Waals surface area contributed by atoms with Crippen molar-refractivity contribution in [1.29, 1.82) is 0 Å². The van der Waals surface area contributed by atoms with Crippen LogP contribution in [0.2, 0.25) is 0 Å². The topological polar surface area (TPSA) is 54.7 Å². The second kappa shape index (κ2) is 7.92. The van der Waals surface area contributed by atoms with Crippen LogP contribution in [0.25, 0.3) is 0 Å². The van der Waals surface area contributed by atoms with E-state index < -0.39 is 18.1 Å². The van der Waals surface area contributed by atoms with E-state index in [1.807, 2.05) is 5.32 Å². The van der Waals surface area contributed by atoms with Crippen LogP contribution < -0.4 is 5.32 Å². The normalized spacial score (nSPS) is 17.0. The van der Waals surface area contributed by atoms with Gasteiger partial charge in [0.05, 0.1) is 25.3 Å². The Morgan fingerprint density at radius 2 is 1.88 bits per heavy atom. The van der Waals surface area contributed by atoms with Crippen LogP contribution in [0.1, 0.15) is 27.7 Å². The molecule has 8 heteroatoms. The quantitative estimate of drug-likeness (QED) is 0.881. The van der Waals surface area contributed by atoms with Crippen molar-refractivity contribution in [2.45, 2.75) is 18.8 Å². The molecule has 1 saturated heterocycles. The number of amides is 1. The average Bonchev–Trinajstić information content (AvgIpc) is 3.09. The van der Waals surface area contributed by atoms with Crippen LogP contribution in [0.4, 0.5) is 13.2 Å². The Morgan fingerprint density at radius 3 is 2.54 bits per heavy atom. The van der Waals surface area contributed by atoms with E-state index in [1.54, 1.807) is 6.07 Å². The van der Waals surface area contributed by atoms with E-state index in [1.165, 1.54) is 36.6 Å². The van der Waals surface area contributed by atoms with Gasteiger partial charge in [-0.3, -0.25) is 9.69 Å². The molecule has 0 bridgehead atoms. The van der Waals surface area contributed by atoms with Crippen molar-refractivity contribution >= 4 is 5.91 Å². The van der Waals surface area contributed by atoms with Gasteiger partial charge < -0.3 is 14.5 Å². The highest BCUT2D eigenvalue weighted by Gasteiger charge is 2.42. The molecule has 1 N–H and O–H groups in total. The Hall–Kier alpha value is -2.32. The number of benzene rings is 1. The second-order valence-corrected chi connectivity index (χ2v) is 6.05. The first kappa shape index (κ1) is 18.5. The fourth-order valence-electron chi connectivity index (χ4n) is 2.78. The molecular weight excluding hydrogens is 349 g/mol. The van der Waals surface area contributed by atoms with Gasteiger partial charge in [0.1, 0.15) is 12.0 Å². The van der Waals surface area contributed by atoms with Crippen LogP contribution in [0, 0.1) is 0 Å². The summed E-state index contributed by atoms with van der Waals surface area (Å²) in [5.41, 5.74) is 0.0452. The molecule has 140 valence electrons. The molecule has 1 atom stereocenters. The summed E-state index contributed by atoms with van der Waals surface area (Å²) in [5, 5.41) is 2.05. The summed E-state index contributed by atoms with van der Waals surface area (Å²) >= 11 is 0. The van der Waals surface area contributed by atoms with E-state index in [9.17, 15) is 18.0 Å². The Kier molecular flexibility index (Phi) is 5.63. The molecule has 26 heavy (non-hydrogen) atoms. The van der Waals surface area contributed by atoms with Crippen LogP contribution in [0.3, 0.4) is 0 Å². The smallest absolute Gasteiger partial charge is 0.412 e. The molecule has 3 rings (SSSR count). The molecule has 0 spiro atoms. The Bertz CT molecular complexity index is 725. The van der Waals surface area contributed by atoms with Gasteiger partial charge in [-0.15, -0.1) is 0 Å². The number of nitrogens with one attached hydrogen (secondary N) is 1. The molecule has 1 aliphatic heterocycles. The maximum atomic E-state index is 13.3. The Labute approximate surface area is 148 Å². The molecule has 0 saturated carbocycles. The van der Waals surface area contributed by atoms with Gasteiger partial charge in [-0.25, -0.2) is 0 Å². The predicted molar refractivity (Wildman–Crippen MR) is 87.5 cm³/mol. The molecule has 1 aliphatic rings. The molecule has 2 aromatic rings. The van der Waals surface area contributed by atoms with Crippen molar-refractivity contribution in [3.8, 4) is 0 Å². The van der Waals surface area contributed by atoms with Crippen molar-refractivity contribution < 1.29 is 27.1 Å².